The second kappa shape index (κ2) is 5.92. The third-order valence-electron chi connectivity index (χ3n) is 5.65. The summed E-state index contributed by atoms with van der Waals surface area (Å²) in [6.45, 7) is 2.16. The van der Waals surface area contributed by atoms with Crippen molar-refractivity contribution in [3.63, 3.8) is 0 Å². The van der Waals surface area contributed by atoms with E-state index in [-0.39, 0.29) is 5.92 Å². The zero-order valence-corrected chi connectivity index (χ0v) is 15.7. The van der Waals surface area contributed by atoms with E-state index in [9.17, 15) is 0 Å². The molecule has 27 heavy (non-hydrogen) atoms. The van der Waals surface area contributed by atoms with Crippen LogP contribution in [0.3, 0.4) is 0 Å². The van der Waals surface area contributed by atoms with Gasteiger partial charge < -0.3 is 14.5 Å². The average molecular weight is 355 g/mol. The molecule has 0 spiro atoms. The van der Waals surface area contributed by atoms with Crippen LogP contribution in [0.15, 0.2) is 60.7 Å². The standard InChI is InChI=1S/C24H21NO2/c1-14-22(18-10-6-7-11-20(18)25-14)24-17-9-5-4-8-16(17)19-12-15(26-2)13-21(27-3)23(19)24/h4-13,24-25H,1-3H3/t24-/m1/s1. The van der Waals surface area contributed by atoms with Gasteiger partial charge in [-0.05, 0) is 41.3 Å². The molecule has 1 atom stereocenters. The van der Waals surface area contributed by atoms with Gasteiger partial charge in [-0.2, -0.15) is 0 Å². The highest BCUT2D eigenvalue weighted by Gasteiger charge is 2.35. The Bertz CT molecular complexity index is 1170. The summed E-state index contributed by atoms with van der Waals surface area (Å²) in [5.74, 6) is 1.82. The van der Waals surface area contributed by atoms with E-state index >= 15 is 0 Å². The molecule has 3 nitrogen and oxygen atoms in total. The van der Waals surface area contributed by atoms with Crippen LogP contribution in [0.25, 0.3) is 22.0 Å². The van der Waals surface area contributed by atoms with E-state index in [1.807, 2.05) is 6.07 Å². The highest BCUT2D eigenvalue weighted by atomic mass is 16.5. The molecule has 134 valence electrons. The molecule has 1 N–H and O–H groups in total. The lowest BCUT2D eigenvalue weighted by Crippen LogP contribution is -2.03. The summed E-state index contributed by atoms with van der Waals surface area (Å²) in [4.78, 5) is 3.56. The van der Waals surface area contributed by atoms with Crippen molar-refractivity contribution < 1.29 is 9.47 Å². The van der Waals surface area contributed by atoms with Gasteiger partial charge in [0, 0.05) is 34.1 Å². The summed E-state index contributed by atoms with van der Waals surface area (Å²) in [6, 6.07) is 21.3. The summed E-state index contributed by atoms with van der Waals surface area (Å²) in [5.41, 5.74) is 8.65. The number of aromatic nitrogens is 1. The van der Waals surface area contributed by atoms with Gasteiger partial charge in [0.2, 0.25) is 0 Å². The molecule has 0 saturated carbocycles. The first-order chi connectivity index (χ1) is 13.2. The van der Waals surface area contributed by atoms with Gasteiger partial charge >= 0.3 is 0 Å². The maximum Gasteiger partial charge on any atom is 0.127 e. The van der Waals surface area contributed by atoms with E-state index in [0.717, 1.165) is 11.5 Å². The predicted molar refractivity (Wildman–Crippen MR) is 109 cm³/mol. The lowest BCUT2D eigenvalue weighted by atomic mass is 9.87. The number of benzene rings is 3. The Morgan fingerprint density at radius 2 is 1.59 bits per heavy atom. The molecule has 0 aliphatic heterocycles. The second-order valence-electron chi connectivity index (χ2n) is 7.02. The van der Waals surface area contributed by atoms with Crippen molar-refractivity contribution in [1.29, 1.82) is 0 Å². The Labute approximate surface area is 158 Å². The average Bonchev–Trinajstić information content (AvgIpc) is 3.21. The monoisotopic (exact) mass is 355 g/mol. The molecule has 0 amide bonds. The molecule has 0 bridgehead atoms. The van der Waals surface area contributed by atoms with Crippen LogP contribution in [0.2, 0.25) is 0 Å². The van der Waals surface area contributed by atoms with Crippen molar-refractivity contribution in [3.8, 4) is 22.6 Å². The van der Waals surface area contributed by atoms with E-state index < -0.39 is 0 Å². The quantitative estimate of drug-likeness (QED) is 0.453. The van der Waals surface area contributed by atoms with Gasteiger partial charge in [0.1, 0.15) is 11.5 Å². The predicted octanol–water partition coefficient (Wildman–Crippen LogP) is 5.65. The normalized spacial score (nSPS) is 14.9. The molecule has 1 heterocycles. The number of para-hydroxylation sites is 1. The number of fused-ring (bicyclic) bond motifs is 4. The number of hydrogen-bond donors (Lipinski definition) is 1. The van der Waals surface area contributed by atoms with Gasteiger partial charge in [0.05, 0.1) is 14.2 Å². The number of nitrogens with one attached hydrogen (secondary N) is 1. The van der Waals surface area contributed by atoms with Crippen LogP contribution in [0, 0.1) is 6.92 Å². The SMILES string of the molecule is COc1cc(OC)c2c(c1)-c1ccccc1[C@@H]2c1c(C)[nH]c2ccccc12. The molecule has 3 aromatic carbocycles. The Hall–Kier alpha value is -3.20. The Morgan fingerprint density at radius 1 is 0.815 bits per heavy atom. The van der Waals surface area contributed by atoms with Crippen molar-refractivity contribution in [2.45, 2.75) is 12.8 Å². The van der Waals surface area contributed by atoms with Crippen molar-refractivity contribution >= 4 is 10.9 Å². The van der Waals surface area contributed by atoms with Gasteiger partial charge in [-0.1, -0.05) is 42.5 Å². The van der Waals surface area contributed by atoms with Crippen LogP contribution in [0.5, 0.6) is 11.5 Å². The molecular formula is C24H21NO2. The first-order valence-electron chi connectivity index (χ1n) is 9.15. The second-order valence-corrected chi connectivity index (χ2v) is 7.02. The first-order valence-corrected chi connectivity index (χ1v) is 9.15. The molecule has 4 aromatic rings. The minimum absolute atomic E-state index is 0.133. The molecule has 1 aliphatic carbocycles. The molecular weight excluding hydrogens is 334 g/mol. The molecule has 1 aromatic heterocycles. The van der Waals surface area contributed by atoms with Gasteiger partial charge in [0.25, 0.3) is 0 Å². The summed E-state index contributed by atoms with van der Waals surface area (Å²) in [5, 5.41) is 1.26. The fourth-order valence-corrected chi connectivity index (χ4v) is 4.53. The molecule has 5 rings (SSSR count). The Balaban J connectivity index is 1.88. The summed E-state index contributed by atoms with van der Waals surface area (Å²) >= 11 is 0. The van der Waals surface area contributed by atoms with Crippen LogP contribution in [-0.2, 0) is 0 Å². The van der Waals surface area contributed by atoms with E-state index in [4.69, 9.17) is 9.47 Å². The first kappa shape index (κ1) is 16.0. The summed E-state index contributed by atoms with van der Waals surface area (Å²) in [6.07, 6.45) is 0. The maximum absolute atomic E-state index is 5.82. The van der Waals surface area contributed by atoms with Crippen LogP contribution in [0.1, 0.15) is 28.3 Å². The molecule has 1 aliphatic rings. The van der Waals surface area contributed by atoms with Crippen LogP contribution >= 0.6 is 0 Å². The van der Waals surface area contributed by atoms with E-state index in [1.54, 1.807) is 14.2 Å². The third-order valence-corrected chi connectivity index (χ3v) is 5.65. The fraction of sp³-hybridized carbons (Fsp3) is 0.167. The number of ether oxygens (including phenoxy) is 2. The van der Waals surface area contributed by atoms with Gasteiger partial charge in [-0.15, -0.1) is 0 Å². The largest absolute Gasteiger partial charge is 0.497 e. The summed E-state index contributed by atoms with van der Waals surface area (Å²) < 4.78 is 11.4. The molecule has 0 fully saturated rings. The zero-order chi connectivity index (χ0) is 18.5. The fourth-order valence-electron chi connectivity index (χ4n) is 4.53. The molecule has 0 radical (unpaired) electrons. The van der Waals surface area contributed by atoms with E-state index in [1.165, 1.54) is 44.4 Å². The van der Waals surface area contributed by atoms with Crippen molar-refractivity contribution in [3.05, 3.63) is 83.0 Å². The summed E-state index contributed by atoms with van der Waals surface area (Å²) in [7, 11) is 3.43. The zero-order valence-electron chi connectivity index (χ0n) is 15.7. The number of methoxy groups -OCH3 is 2. The van der Waals surface area contributed by atoms with E-state index in [0.29, 0.717) is 0 Å². The van der Waals surface area contributed by atoms with Crippen LogP contribution in [-0.4, -0.2) is 19.2 Å². The van der Waals surface area contributed by atoms with Crippen molar-refractivity contribution in [2.24, 2.45) is 0 Å². The topological polar surface area (TPSA) is 34.2 Å². The Kier molecular flexibility index (Phi) is 3.51. The molecule has 0 unspecified atom stereocenters. The van der Waals surface area contributed by atoms with Crippen LogP contribution < -0.4 is 9.47 Å². The highest BCUT2D eigenvalue weighted by molar-refractivity contribution is 5.91. The smallest absolute Gasteiger partial charge is 0.127 e. The minimum Gasteiger partial charge on any atom is -0.497 e. The van der Waals surface area contributed by atoms with E-state index in [2.05, 4.69) is 66.5 Å². The third kappa shape index (κ3) is 2.21. The lowest BCUT2D eigenvalue weighted by molar-refractivity contribution is 0.391. The van der Waals surface area contributed by atoms with Gasteiger partial charge in [0.15, 0.2) is 0 Å². The van der Waals surface area contributed by atoms with Crippen LogP contribution in [0.4, 0.5) is 0 Å². The number of rotatable bonds is 3. The molecule has 3 heteroatoms. The number of H-pyrrole nitrogens is 1. The lowest BCUT2D eigenvalue weighted by Gasteiger charge is -2.18. The highest BCUT2D eigenvalue weighted by Crippen LogP contribution is 2.54. The Morgan fingerprint density at radius 3 is 2.41 bits per heavy atom. The maximum atomic E-state index is 5.82. The van der Waals surface area contributed by atoms with Gasteiger partial charge in [-0.3, -0.25) is 0 Å². The number of aromatic amines is 1. The minimum atomic E-state index is 0.133. The van der Waals surface area contributed by atoms with Gasteiger partial charge in [-0.25, -0.2) is 0 Å². The van der Waals surface area contributed by atoms with Crippen molar-refractivity contribution in [2.75, 3.05) is 14.2 Å². The number of hydrogen-bond acceptors (Lipinski definition) is 2. The molecule has 0 saturated heterocycles. The number of aryl methyl sites for hydroxylation is 1. The van der Waals surface area contributed by atoms with Crippen molar-refractivity contribution in [1.82, 2.24) is 4.98 Å².